The zero-order valence-corrected chi connectivity index (χ0v) is 22.1. The first-order valence-electron chi connectivity index (χ1n) is 13.5. The smallest absolute Gasteiger partial charge is 0.322 e. The molecule has 2 amide bonds. The first-order chi connectivity index (χ1) is 18.0. The van der Waals surface area contributed by atoms with E-state index in [4.69, 9.17) is 0 Å². The third kappa shape index (κ3) is 6.78. The Kier molecular flexibility index (Phi) is 7.90. The number of carbonyl (C=O) groups excluding carboxylic acids is 1. The van der Waals surface area contributed by atoms with Crippen LogP contribution in [-0.4, -0.2) is 73.4 Å². The maximum atomic E-state index is 13.1. The molecule has 3 aromatic rings. The fourth-order valence-electron chi connectivity index (χ4n) is 5.78. The number of benzene rings is 1. The van der Waals surface area contributed by atoms with Gasteiger partial charge in [0, 0.05) is 50.1 Å². The number of hydrogen-bond acceptors (Lipinski definition) is 5. The highest BCUT2D eigenvalue weighted by Crippen LogP contribution is 2.40. The molecule has 5 rings (SSSR count). The summed E-state index contributed by atoms with van der Waals surface area (Å²) in [6.07, 6.45) is 10.9. The van der Waals surface area contributed by atoms with Gasteiger partial charge in [0.25, 0.3) is 0 Å². The van der Waals surface area contributed by atoms with Crippen LogP contribution in [0.2, 0.25) is 0 Å². The van der Waals surface area contributed by atoms with Crippen LogP contribution in [0.15, 0.2) is 49.1 Å². The van der Waals surface area contributed by atoms with Crippen molar-refractivity contribution in [3.63, 3.8) is 0 Å². The Morgan fingerprint density at radius 1 is 0.973 bits per heavy atom. The average Bonchev–Trinajstić information content (AvgIpc) is 3.65. The number of aromatic nitrogens is 4. The fourth-order valence-corrected chi connectivity index (χ4v) is 5.78. The zero-order valence-electron chi connectivity index (χ0n) is 22.1. The minimum atomic E-state index is -0.189. The van der Waals surface area contributed by atoms with Crippen molar-refractivity contribution in [3.8, 4) is 0 Å². The largest absolute Gasteiger partial charge is 0.347 e. The standard InChI is InChI=1S/C28H40N8O/c1-22(2)17-34-14-7-28(8-15-34)9-16-35(21-28)18-23-3-5-24(6-4-23)33-27(37)36(19-25-29-10-11-30-25)20-26-31-12-13-32-26/h3-6,10-13,22H,7-9,14-21H2,1-2H3,(H,29,30)(H,31,32)(H,33,37). The number of rotatable bonds is 9. The van der Waals surface area contributed by atoms with Gasteiger partial charge in [-0.05, 0) is 67.9 Å². The van der Waals surface area contributed by atoms with E-state index < -0.39 is 0 Å². The molecule has 2 aliphatic heterocycles. The molecule has 2 saturated heterocycles. The molecule has 37 heavy (non-hydrogen) atoms. The molecule has 198 valence electrons. The van der Waals surface area contributed by atoms with E-state index in [-0.39, 0.29) is 6.03 Å². The number of aromatic amines is 2. The van der Waals surface area contributed by atoms with Crippen molar-refractivity contribution in [2.45, 2.75) is 52.7 Å². The molecule has 4 heterocycles. The van der Waals surface area contributed by atoms with Crippen LogP contribution < -0.4 is 5.32 Å². The fraction of sp³-hybridized carbons (Fsp3) is 0.536. The maximum Gasteiger partial charge on any atom is 0.322 e. The van der Waals surface area contributed by atoms with E-state index in [1.54, 1.807) is 29.7 Å². The molecule has 1 aromatic carbocycles. The van der Waals surface area contributed by atoms with Gasteiger partial charge in [0.05, 0.1) is 13.1 Å². The highest BCUT2D eigenvalue weighted by atomic mass is 16.2. The molecule has 2 aliphatic rings. The first-order valence-corrected chi connectivity index (χ1v) is 13.5. The van der Waals surface area contributed by atoms with E-state index in [2.05, 4.69) is 61.0 Å². The monoisotopic (exact) mass is 504 g/mol. The van der Waals surface area contributed by atoms with Crippen LogP contribution in [0.3, 0.4) is 0 Å². The van der Waals surface area contributed by atoms with Crippen LogP contribution in [-0.2, 0) is 19.6 Å². The molecule has 0 aliphatic carbocycles. The summed E-state index contributed by atoms with van der Waals surface area (Å²) in [5, 5.41) is 3.04. The minimum Gasteiger partial charge on any atom is -0.347 e. The number of likely N-dealkylation sites (tertiary alicyclic amines) is 2. The molecule has 3 N–H and O–H groups in total. The van der Waals surface area contributed by atoms with E-state index in [9.17, 15) is 4.79 Å². The quantitative estimate of drug-likeness (QED) is 0.404. The summed E-state index contributed by atoms with van der Waals surface area (Å²) in [6.45, 7) is 12.4. The van der Waals surface area contributed by atoms with Gasteiger partial charge in [0.15, 0.2) is 0 Å². The molecule has 0 atom stereocenters. The zero-order chi connectivity index (χ0) is 25.7. The number of carbonyl (C=O) groups is 1. The number of imidazole rings is 2. The number of nitrogens with zero attached hydrogens (tertiary/aromatic N) is 5. The van der Waals surface area contributed by atoms with Crippen molar-refractivity contribution in [1.29, 1.82) is 0 Å². The second-order valence-corrected chi connectivity index (χ2v) is 11.2. The minimum absolute atomic E-state index is 0.189. The molecular weight excluding hydrogens is 464 g/mol. The lowest BCUT2D eigenvalue weighted by Crippen LogP contribution is -2.42. The van der Waals surface area contributed by atoms with Crippen molar-refractivity contribution in [1.82, 2.24) is 34.6 Å². The summed E-state index contributed by atoms with van der Waals surface area (Å²) in [5.41, 5.74) is 2.58. The van der Waals surface area contributed by atoms with Crippen molar-refractivity contribution in [2.75, 3.05) is 38.0 Å². The lowest BCUT2D eigenvalue weighted by Gasteiger charge is -2.40. The summed E-state index contributed by atoms with van der Waals surface area (Å²) >= 11 is 0. The third-order valence-corrected chi connectivity index (χ3v) is 7.75. The third-order valence-electron chi connectivity index (χ3n) is 7.75. The molecule has 2 aromatic heterocycles. The summed E-state index contributed by atoms with van der Waals surface area (Å²) in [6, 6.07) is 8.08. The number of urea groups is 1. The number of nitrogens with one attached hydrogen (secondary N) is 3. The molecule has 0 bridgehead atoms. The highest BCUT2D eigenvalue weighted by molar-refractivity contribution is 5.89. The lowest BCUT2D eigenvalue weighted by molar-refractivity contribution is 0.0984. The van der Waals surface area contributed by atoms with Crippen LogP contribution in [0.4, 0.5) is 10.5 Å². The molecule has 2 fully saturated rings. The van der Waals surface area contributed by atoms with E-state index in [0.29, 0.717) is 18.5 Å². The van der Waals surface area contributed by atoms with Crippen LogP contribution in [0.25, 0.3) is 0 Å². The predicted octanol–water partition coefficient (Wildman–Crippen LogP) is 4.31. The van der Waals surface area contributed by atoms with Crippen molar-refractivity contribution in [3.05, 3.63) is 66.3 Å². The summed E-state index contributed by atoms with van der Waals surface area (Å²) in [5.74, 6) is 2.20. The van der Waals surface area contributed by atoms with Crippen molar-refractivity contribution in [2.24, 2.45) is 11.3 Å². The SMILES string of the molecule is CC(C)CN1CCC2(CC1)CCN(Cc1ccc(NC(=O)N(Cc3ncc[nH]3)Cc3ncc[nH]3)cc1)C2. The van der Waals surface area contributed by atoms with Gasteiger partial charge in [-0.1, -0.05) is 26.0 Å². The number of piperidine rings is 1. The van der Waals surface area contributed by atoms with Crippen LogP contribution in [0, 0.1) is 11.3 Å². The second kappa shape index (κ2) is 11.5. The second-order valence-electron chi connectivity index (χ2n) is 11.2. The summed E-state index contributed by atoms with van der Waals surface area (Å²) in [7, 11) is 0. The molecule has 0 radical (unpaired) electrons. The number of H-pyrrole nitrogens is 2. The van der Waals surface area contributed by atoms with Gasteiger partial charge in [0.1, 0.15) is 11.6 Å². The van der Waals surface area contributed by atoms with Crippen molar-refractivity contribution < 1.29 is 4.79 Å². The Labute approximate surface area is 219 Å². The molecule has 0 saturated carbocycles. The van der Waals surface area contributed by atoms with Gasteiger partial charge in [-0.15, -0.1) is 0 Å². The molecule has 0 unspecified atom stereocenters. The topological polar surface area (TPSA) is 96.2 Å². The predicted molar refractivity (Wildman–Crippen MR) is 145 cm³/mol. The Morgan fingerprint density at radius 2 is 1.57 bits per heavy atom. The van der Waals surface area contributed by atoms with E-state index >= 15 is 0 Å². The maximum absolute atomic E-state index is 13.1. The van der Waals surface area contributed by atoms with Crippen LogP contribution in [0.1, 0.15) is 50.3 Å². The van der Waals surface area contributed by atoms with Gasteiger partial charge in [0.2, 0.25) is 0 Å². The molecular formula is C28H40N8O. The van der Waals surface area contributed by atoms with Gasteiger partial charge in [-0.2, -0.15) is 0 Å². The van der Waals surface area contributed by atoms with Crippen LogP contribution >= 0.6 is 0 Å². The van der Waals surface area contributed by atoms with E-state index in [1.165, 1.54) is 57.5 Å². The number of hydrogen-bond donors (Lipinski definition) is 3. The molecule has 9 heteroatoms. The molecule has 9 nitrogen and oxygen atoms in total. The van der Waals surface area contributed by atoms with Gasteiger partial charge < -0.3 is 25.1 Å². The Bertz CT molecular complexity index is 1070. The van der Waals surface area contributed by atoms with Gasteiger partial charge in [-0.25, -0.2) is 14.8 Å². The Balaban J connectivity index is 1.13. The number of anilines is 1. The Hall–Kier alpha value is -3.17. The summed E-state index contributed by atoms with van der Waals surface area (Å²) < 4.78 is 0. The average molecular weight is 505 g/mol. The first kappa shape index (κ1) is 25.5. The van der Waals surface area contributed by atoms with Gasteiger partial charge in [-0.3, -0.25) is 4.90 Å². The summed E-state index contributed by atoms with van der Waals surface area (Å²) in [4.78, 5) is 34.7. The highest BCUT2D eigenvalue weighted by Gasteiger charge is 2.40. The van der Waals surface area contributed by atoms with E-state index in [1.807, 2.05) is 12.1 Å². The van der Waals surface area contributed by atoms with Crippen LogP contribution in [0.5, 0.6) is 0 Å². The molecule has 1 spiro atoms. The van der Waals surface area contributed by atoms with Crippen molar-refractivity contribution >= 4 is 11.7 Å². The Morgan fingerprint density at radius 3 is 2.11 bits per heavy atom. The lowest BCUT2D eigenvalue weighted by atomic mass is 9.77. The van der Waals surface area contributed by atoms with Gasteiger partial charge >= 0.3 is 6.03 Å². The number of amides is 2. The normalized spacial score (nSPS) is 18.0. The van der Waals surface area contributed by atoms with E-state index in [0.717, 1.165) is 29.8 Å².